The van der Waals surface area contributed by atoms with Gasteiger partial charge >= 0.3 is 30.3 Å². The Morgan fingerprint density at radius 1 is 0.976 bits per heavy atom. The van der Waals surface area contributed by atoms with E-state index < -0.39 is 29.7 Å². The van der Waals surface area contributed by atoms with Gasteiger partial charge in [-0.2, -0.15) is 26.3 Å². The topological polar surface area (TPSA) is 137 Å². The summed E-state index contributed by atoms with van der Waals surface area (Å²) in [6.07, 6.45) is -6.85. The predicted octanol–water partition coefficient (Wildman–Crippen LogP) is 2.34. The highest BCUT2D eigenvalue weighted by molar-refractivity contribution is 5.81. The lowest BCUT2D eigenvalue weighted by atomic mass is 9.75. The van der Waals surface area contributed by atoms with E-state index in [-0.39, 0.29) is 23.7 Å². The monoisotopic (exact) mass is 623 g/mol. The van der Waals surface area contributed by atoms with E-state index in [4.69, 9.17) is 29.3 Å². The molecule has 0 aromatic heterocycles. The van der Waals surface area contributed by atoms with Crippen LogP contribution in [0.25, 0.3) is 0 Å². The summed E-state index contributed by atoms with van der Waals surface area (Å²) in [5.41, 5.74) is -0.465. The fourth-order valence-electron chi connectivity index (χ4n) is 5.06. The van der Waals surface area contributed by atoms with Gasteiger partial charge in [-0.15, -0.1) is 0 Å². The van der Waals surface area contributed by atoms with E-state index in [2.05, 4.69) is 23.9 Å². The number of rotatable bonds is 6. The molecule has 0 radical (unpaired) electrons. The molecule has 3 aliphatic heterocycles. The summed E-state index contributed by atoms with van der Waals surface area (Å²) in [6, 6.07) is 0. The van der Waals surface area contributed by atoms with Crippen molar-refractivity contribution in [1.29, 1.82) is 0 Å². The number of esters is 1. The Hall–Kier alpha value is -2.66. The van der Waals surface area contributed by atoms with Gasteiger partial charge in [0.05, 0.1) is 12.0 Å². The lowest BCUT2D eigenvalue weighted by Crippen LogP contribution is -2.45. The molecule has 0 aromatic rings. The van der Waals surface area contributed by atoms with Gasteiger partial charge in [-0.25, -0.2) is 9.59 Å². The number of likely N-dealkylation sites (tertiary alicyclic amines) is 2. The second kappa shape index (κ2) is 16.3. The average molecular weight is 624 g/mol. The first-order chi connectivity index (χ1) is 19.3. The van der Waals surface area contributed by atoms with Crippen molar-refractivity contribution in [1.82, 2.24) is 14.7 Å². The lowest BCUT2D eigenvalue weighted by molar-refractivity contribution is -0.193. The van der Waals surface area contributed by atoms with Gasteiger partial charge in [0.1, 0.15) is 0 Å². The maximum absolute atomic E-state index is 13.1. The van der Waals surface area contributed by atoms with Crippen LogP contribution in [0.2, 0.25) is 0 Å². The van der Waals surface area contributed by atoms with E-state index in [1.54, 1.807) is 0 Å². The number of carboxylic acids is 2. The standard InChI is InChI=1S/C21H37N3O4.2C2HF3O2/c1-4-28-20(26)21-8-5-9-24(19(25)17-6-12-27-13-7-17)15-18(21)14-23(16-21)11-10-22(2)3;2*3-2(4,5)1(6)7/h17-18H,4-16H2,1-3H3;2*(H,6,7)/t18-,21+;;/m1../s1. The van der Waals surface area contributed by atoms with Crippen LogP contribution in [-0.4, -0.2) is 134 Å². The van der Waals surface area contributed by atoms with Crippen molar-refractivity contribution < 1.29 is 65.2 Å². The largest absolute Gasteiger partial charge is 0.490 e. The first-order valence-electron chi connectivity index (χ1n) is 13.4. The minimum Gasteiger partial charge on any atom is -0.475 e. The van der Waals surface area contributed by atoms with Crippen molar-refractivity contribution in [2.45, 2.75) is 45.0 Å². The van der Waals surface area contributed by atoms with Crippen molar-refractivity contribution in [2.75, 3.05) is 73.2 Å². The second-order valence-electron chi connectivity index (χ2n) is 10.5. The zero-order valence-corrected chi connectivity index (χ0v) is 23.8. The van der Waals surface area contributed by atoms with Crippen LogP contribution in [0.3, 0.4) is 0 Å². The summed E-state index contributed by atoms with van der Waals surface area (Å²) < 4.78 is 74.4. The Bertz CT molecular complexity index is 888. The Balaban J connectivity index is 0.000000522. The molecule has 17 heteroatoms. The molecule has 2 atom stereocenters. The van der Waals surface area contributed by atoms with E-state index in [0.717, 1.165) is 58.4 Å². The third-order valence-corrected chi connectivity index (χ3v) is 7.17. The summed E-state index contributed by atoms with van der Waals surface area (Å²) in [7, 11) is 4.15. The fourth-order valence-corrected chi connectivity index (χ4v) is 5.06. The van der Waals surface area contributed by atoms with Gasteiger partial charge in [-0.05, 0) is 46.7 Å². The Morgan fingerprint density at radius 2 is 1.50 bits per heavy atom. The minimum absolute atomic E-state index is 0.0623. The Kier molecular flexibility index (Phi) is 14.5. The van der Waals surface area contributed by atoms with Crippen LogP contribution in [0.4, 0.5) is 26.3 Å². The molecule has 244 valence electrons. The van der Waals surface area contributed by atoms with Crippen LogP contribution in [0.15, 0.2) is 0 Å². The number of carbonyl (C=O) groups is 4. The molecule has 3 aliphatic rings. The highest BCUT2D eigenvalue weighted by Gasteiger charge is 2.54. The number of halogens is 6. The smallest absolute Gasteiger partial charge is 0.475 e. The van der Waals surface area contributed by atoms with Gasteiger partial charge in [0.25, 0.3) is 0 Å². The van der Waals surface area contributed by atoms with E-state index in [9.17, 15) is 35.9 Å². The first-order valence-corrected chi connectivity index (χ1v) is 13.4. The molecule has 11 nitrogen and oxygen atoms in total. The lowest BCUT2D eigenvalue weighted by Gasteiger charge is -2.33. The van der Waals surface area contributed by atoms with Crippen molar-refractivity contribution in [3.05, 3.63) is 0 Å². The molecular formula is C25H39F6N3O8. The van der Waals surface area contributed by atoms with Gasteiger partial charge < -0.3 is 34.4 Å². The van der Waals surface area contributed by atoms with E-state index in [0.29, 0.717) is 26.4 Å². The molecule has 1 amide bonds. The summed E-state index contributed by atoms with van der Waals surface area (Å²) in [6.45, 7) is 8.61. The molecule has 3 fully saturated rings. The van der Waals surface area contributed by atoms with Gasteiger partial charge in [0.15, 0.2) is 0 Å². The second-order valence-corrected chi connectivity index (χ2v) is 10.5. The van der Waals surface area contributed by atoms with Crippen molar-refractivity contribution in [2.24, 2.45) is 17.3 Å². The van der Waals surface area contributed by atoms with Crippen LogP contribution in [-0.2, 0) is 28.7 Å². The normalized spacial score (nSPS) is 23.5. The van der Waals surface area contributed by atoms with E-state index in [1.165, 1.54) is 0 Å². The van der Waals surface area contributed by atoms with Crippen LogP contribution in [0.5, 0.6) is 0 Å². The summed E-state index contributed by atoms with van der Waals surface area (Å²) >= 11 is 0. The van der Waals surface area contributed by atoms with Crippen LogP contribution in [0, 0.1) is 17.3 Å². The number of likely N-dealkylation sites (N-methyl/N-ethyl adjacent to an activating group) is 1. The summed E-state index contributed by atoms with van der Waals surface area (Å²) in [5.74, 6) is -5.09. The summed E-state index contributed by atoms with van der Waals surface area (Å²) in [4.78, 5) is 50.6. The van der Waals surface area contributed by atoms with Gasteiger partial charge in [0, 0.05) is 64.3 Å². The van der Waals surface area contributed by atoms with Crippen LogP contribution in [0.1, 0.15) is 32.6 Å². The van der Waals surface area contributed by atoms with E-state index >= 15 is 0 Å². The molecule has 0 aromatic carbocycles. The number of aliphatic carboxylic acids is 2. The number of amides is 1. The number of nitrogens with zero attached hydrogens (tertiary/aromatic N) is 3. The average Bonchev–Trinajstić information content (AvgIpc) is 3.14. The van der Waals surface area contributed by atoms with Crippen molar-refractivity contribution in [3.63, 3.8) is 0 Å². The van der Waals surface area contributed by atoms with Crippen molar-refractivity contribution in [3.8, 4) is 0 Å². The zero-order valence-electron chi connectivity index (χ0n) is 23.8. The SMILES string of the molecule is CCOC(=O)[C@]12CCCN(C(=O)C3CCOCC3)C[C@H]1CN(CCN(C)C)C2.O=C(O)C(F)(F)F.O=C(O)C(F)(F)F. The van der Waals surface area contributed by atoms with Gasteiger partial charge in [-0.3, -0.25) is 9.59 Å². The number of hydrogen-bond acceptors (Lipinski definition) is 8. The van der Waals surface area contributed by atoms with Crippen molar-refractivity contribution >= 4 is 23.8 Å². The first kappa shape index (κ1) is 37.4. The maximum atomic E-state index is 13.1. The van der Waals surface area contributed by atoms with Crippen LogP contribution >= 0.6 is 0 Å². The molecule has 0 spiro atoms. The maximum Gasteiger partial charge on any atom is 0.490 e. The number of alkyl halides is 6. The molecule has 0 unspecified atom stereocenters. The molecule has 3 saturated heterocycles. The molecule has 3 rings (SSSR count). The number of carbonyl (C=O) groups excluding carboxylic acids is 2. The molecular weight excluding hydrogens is 584 g/mol. The van der Waals surface area contributed by atoms with E-state index in [1.807, 2.05) is 11.8 Å². The van der Waals surface area contributed by atoms with Crippen LogP contribution < -0.4 is 0 Å². The third kappa shape index (κ3) is 11.6. The molecule has 0 aliphatic carbocycles. The highest BCUT2D eigenvalue weighted by Crippen LogP contribution is 2.44. The minimum atomic E-state index is -5.08. The van der Waals surface area contributed by atoms with Gasteiger partial charge in [-0.1, -0.05) is 0 Å². The fraction of sp³-hybridized carbons (Fsp3) is 0.840. The molecule has 3 heterocycles. The number of ether oxygens (including phenoxy) is 2. The zero-order chi connectivity index (χ0) is 32.3. The molecule has 0 bridgehead atoms. The molecule has 2 N–H and O–H groups in total. The van der Waals surface area contributed by atoms with Gasteiger partial charge in [0.2, 0.25) is 5.91 Å². The number of fused-ring (bicyclic) bond motifs is 1. The molecule has 42 heavy (non-hydrogen) atoms. The number of carboxylic acid groups (broad SMARTS) is 2. The predicted molar refractivity (Wildman–Crippen MR) is 134 cm³/mol. The molecule has 0 saturated carbocycles. The highest BCUT2D eigenvalue weighted by atomic mass is 19.4. The Morgan fingerprint density at radius 3 is 1.95 bits per heavy atom. The quantitative estimate of drug-likeness (QED) is 0.335. The third-order valence-electron chi connectivity index (χ3n) is 7.17. The Labute approximate surface area is 239 Å². The number of hydrogen-bond donors (Lipinski definition) is 2. The summed E-state index contributed by atoms with van der Waals surface area (Å²) in [5, 5.41) is 14.2.